The molecule has 2 nitrogen and oxygen atoms in total. The minimum Gasteiger partial charge on any atom is -0.251 e. The van der Waals surface area contributed by atoms with Crippen LogP contribution in [0, 0.1) is 27.7 Å². The summed E-state index contributed by atoms with van der Waals surface area (Å²) in [7, 11) is 0. The molecule has 0 saturated carbocycles. The molecular formula is C40H48N2. The van der Waals surface area contributed by atoms with E-state index in [1.165, 1.54) is 66.8 Å². The third-order valence-electron chi connectivity index (χ3n) is 8.51. The van der Waals surface area contributed by atoms with Crippen molar-refractivity contribution in [1.82, 2.24) is 0 Å². The summed E-state index contributed by atoms with van der Waals surface area (Å²) in [5.74, 6) is 0. The van der Waals surface area contributed by atoms with E-state index < -0.39 is 0 Å². The van der Waals surface area contributed by atoms with Crippen LogP contribution >= 0.6 is 0 Å². The van der Waals surface area contributed by atoms with Gasteiger partial charge < -0.3 is 0 Å². The molecule has 0 radical (unpaired) electrons. The zero-order valence-electron chi connectivity index (χ0n) is 27.5. The van der Waals surface area contributed by atoms with Crippen molar-refractivity contribution < 1.29 is 0 Å². The fraction of sp³-hybridized carbons (Fsp3) is 0.350. The summed E-state index contributed by atoms with van der Waals surface area (Å²) < 4.78 is 0. The molecule has 0 amide bonds. The third kappa shape index (κ3) is 6.33. The van der Waals surface area contributed by atoms with Gasteiger partial charge >= 0.3 is 0 Å². The zero-order chi connectivity index (χ0) is 30.6. The normalized spacial score (nSPS) is 12.2. The van der Waals surface area contributed by atoms with E-state index in [1.807, 2.05) is 0 Å². The average molecular weight is 557 g/mol. The van der Waals surface area contributed by atoms with Crippen LogP contribution < -0.4 is 0 Å². The average Bonchev–Trinajstić information content (AvgIpc) is 2.98. The highest BCUT2D eigenvalue weighted by Gasteiger charge is 2.18. The molecule has 218 valence electrons. The lowest BCUT2D eigenvalue weighted by Crippen LogP contribution is -2.06. The second-order valence-electron chi connectivity index (χ2n) is 11.7. The first-order chi connectivity index (χ1) is 20.1. The molecule has 0 aromatic heterocycles. The smallest absolute Gasteiger partial charge is 0.0741 e. The maximum absolute atomic E-state index is 5.33. The molecule has 0 fully saturated rings. The highest BCUT2D eigenvalue weighted by molar-refractivity contribution is 6.41. The van der Waals surface area contributed by atoms with E-state index in [-0.39, 0.29) is 0 Å². The van der Waals surface area contributed by atoms with Crippen LogP contribution in [0.25, 0.3) is 22.3 Å². The summed E-state index contributed by atoms with van der Waals surface area (Å²) >= 11 is 0. The molecule has 4 rings (SSSR count). The Labute approximate surface area is 254 Å². The highest BCUT2D eigenvalue weighted by Crippen LogP contribution is 2.41. The second kappa shape index (κ2) is 13.5. The molecule has 0 heterocycles. The van der Waals surface area contributed by atoms with Crippen molar-refractivity contribution in [3.8, 4) is 22.3 Å². The molecule has 0 aliphatic heterocycles. The van der Waals surface area contributed by atoms with Crippen molar-refractivity contribution in [2.45, 2.75) is 94.9 Å². The van der Waals surface area contributed by atoms with Crippen molar-refractivity contribution in [2.75, 3.05) is 0 Å². The van der Waals surface area contributed by atoms with Gasteiger partial charge in [0.1, 0.15) is 0 Å². The lowest BCUT2D eigenvalue weighted by atomic mass is 9.88. The van der Waals surface area contributed by atoms with Crippen LogP contribution in [0.5, 0.6) is 0 Å². The molecule has 2 heteroatoms. The van der Waals surface area contributed by atoms with E-state index in [9.17, 15) is 0 Å². The summed E-state index contributed by atoms with van der Waals surface area (Å²) in [6, 6.07) is 22.6. The van der Waals surface area contributed by atoms with Crippen molar-refractivity contribution in [1.29, 1.82) is 0 Å². The molecule has 0 unspecified atom stereocenters. The Balaban J connectivity index is 1.92. The Kier molecular flexibility index (Phi) is 9.99. The molecule has 0 saturated heterocycles. The molecule has 0 spiro atoms. The van der Waals surface area contributed by atoms with Crippen molar-refractivity contribution in [3.63, 3.8) is 0 Å². The fourth-order valence-electron chi connectivity index (χ4n) is 6.27. The van der Waals surface area contributed by atoms with E-state index in [0.717, 1.165) is 48.5 Å². The first-order valence-electron chi connectivity index (χ1n) is 15.7. The van der Waals surface area contributed by atoms with Gasteiger partial charge in [-0.05, 0) is 124 Å². The lowest BCUT2D eigenvalue weighted by Gasteiger charge is -2.19. The predicted molar refractivity (Wildman–Crippen MR) is 186 cm³/mol. The van der Waals surface area contributed by atoms with Gasteiger partial charge in [-0.2, -0.15) is 0 Å². The van der Waals surface area contributed by atoms with E-state index in [4.69, 9.17) is 9.98 Å². The molecular weight excluding hydrogens is 508 g/mol. The van der Waals surface area contributed by atoms with Gasteiger partial charge in [0.25, 0.3) is 0 Å². The SMILES string of the molecule is CCc1cccc(CC)c1-c1cc(C)cc(C)c1N=C(C)C(C)=Nc1c(C)cc(C)cc1-c1c(CC)cccc1CC. The Bertz CT molecular complexity index is 1500. The Morgan fingerprint density at radius 1 is 0.500 bits per heavy atom. The lowest BCUT2D eigenvalue weighted by molar-refractivity contribution is 1.09. The number of hydrogen-bond donors (Lipinski definition) is 0. The van der Waals surface area contributed by atoms with Gasteiger partial charge in [0.15, 0.2) is 0 Å². The molecule has 4 aromatic rings. The number of hydrogen-bond acceptors (Lipinski definition) is 2. The quantitative estimate of drug-likeness (QED) is 0.183. The van der Waals surface area contributed by atoms with E-state index >= 15 is 0 Å². The van der Waals surface area contributed by atoms with Crippen LogP contribution in [0.15, 0.2) is 70.6 Å². The minimum atomic E-state index is 0.945. The summed E-state index contributed by atoms with van der Waals surface area (Å²) in [6.45, 7) is 21.9. The summed E-state index contributed by atoms with van der Waals surface area (Å²) in [6.07, 6.45) is 3.97. The first-order valence-corrected chi connectivity index (χ1v) is 15.7. The fourth-order valence-corrected chi connectivity index (χ4v) is 6.27. The Hall–Kier alpha value is -3.78. The number of aryl methyl sites for hydroxylation is 8. The van der Waals surface area contributed by atoms with E-state index in [1.54, 1.807) is 0 Å². The molecule has 0 aliphatic carbocycles. The monoisotopic (exact) mass is 556 g/mol. The Morgan fingerprint density at radius 3 is 1.10 bits per heavy atom. The third-order valence-corrected chi connectivity index (χ3v) is 8.51. The zero-order valence-corrected chi connectivity index (χ0v) is 27.5. The number of aliphatic imine (C=N–C) groups is 2. The molecule has 0 aliphatic rings. The van der Waals surface area contributed by atoms with Crippen LogP contribution in [0.1, 0.15) is 86.1 Å². The maximum Gasteiger partial charge on any atom is 0.0741 e. The second-order valence-corrected chi connectivity index (χ2v) is 11.7. The molecule has 0 bridgehead atoms. The summed E-state index contributed by atoms with van der Waals surface area (Å²) in [5.41, 5.74) is 19.5. The standard InChI is InChI=1S/C40H48N2/c1-11-31-17-15-18-32(12-2)37(31)35-23-25(5)21-27(7)39(35)41-29(9)30(10)42-40-28(8)22-26(6)24-36(40)38-33(13-3)19-16-20-34(38)14-4/h15-24H,11-14H2,1-10H3. The van der Waals surface area contributed by atoms with Crippen molar-refractivity contribution in [3.05, 3.63) is 105 Å². The number of benzene rings is 4. The highest BCUT2D eigenvalue weighted by atomic mass is 14.8. The molecule has 0 atom stereocenters. The molecule has 42 heavy (non-hydrogen) atoms. The number of nitrogens with zero attached hydrogens (tertiary/aromatic N) is 2. The minimum absolute atomic E-state index is 0.945. The number of rotatable bonds is 9. The van der Waals surface area contributed by atoms with Crippen LogP contribution in [-0.4, -0.2) is 11.4 Å². The molecule has 4 aromatic carbocycles. The summed E-state index contributed by atoms with van der Waals surface area (Å²) in [5, 5.41) is 0. The van der Waals surface area contributed by atoms with E-state index in [2.05, 4.69) is 130 Å². The topological polar surface area (TPSA) is 24.7 Å². The van der Waals surface area contributed by atoms with Crippen molar-refractivity contribution >= 4 is 22.8 Å². The first kappa shape index (κ1) is 31.2. The predicted octanol–water partition coefficient (Wildman–Crippen LogP) is 11.4. The van der Waals surface area contributed by atoms with E-state index in [0.29, 0.717) is 0 Å². The molecule has 0 N–H and O–H groups in total. The van der Waals surface area contributed by atoms with Crippen molar-refractivity contribution in [2.24, 2.45) is 9.98 Å². The maximum atomic E-state index is 5.33. The summed E-state index contributed by atoms with van der Waals surface area (Å²) in [4.78, 5) is 10.7. The van der Waals surface area contributed by atoms with Crippen LogP contribution in [0.3, 0.4) is 0 Å². The van der Waals surface area contributed by atoms with Gasteiger partial charge in [0.2, 0.25) is 0 Å². The largest absolute Gasteiger partial charge is 0.251 e. The van der Waals surface area contributed by atoms with Crippen LogP contribution in [0.4, 0.5) is 11.4 Å². The van der Waals surface area contributed by atoms with Gasteiger partial charge in [-0.1, -0.05) is 87.4 Å². The van der Waals surface area contributed by atoms with Gasteiger partial charge in [-0.3, -0.25) is 9.98 Å². The van der Waals surface area contributed by atoms with Crippen LogP contribution in [-0.2, 0) is 25.7 Å². The van der Waals surface area contributed by atoms with Gasteiger partial charge in [0, 0.05) is 11.1 Å². The Morgan fingerprint density at radius 2 is 0.810 bits per heavy atom. The van der Waals surface area contributed by atoms with Gasteiger partial charge in [-0.25, -0.2) is 0 Å². The van der Waals surface area contributed by atoms with Gasteiger partial charge in [0.05, 0.1) is 22.8 Å². The van der Waals surface area contributed by atoms with Crippen LogP contribution in [0.2, 0.25) is 0 Å². The van der Waals surface area contributed by atoms with Gasteiger partial charge in [-0.15, -0.1) is 0 Å².